The van der Waals surface area contributed by atoms with Gasteiger partial charge in [0, 0.05) is 18.2 Å². The number of rotatable bonds is 4. The Hall–Kier alpha value is -2.06. The predicted molar refractivity (Wildman–Crippen MR) is 109 cm³/mol. The Morgan fingerprint density at radius 1 is 1.16 bits per heavy atom. The molecule has 0 aromatic heterocycles. The van der Waals surface area contributed by atoms with Crippen LogP contribution in [0.2, 0.25) is 0 Å². The van der Waals surface area contributed by atoms with Crippen LogP contribution >= 0.6 is 11.6 Å². The zero-order chi connectivity index (χ0) is 22.3. The van der Waals surface area contributed by atoms with Gasteiger partial charge in [0.2, 0.25) is 5.91 Å². The van der Waals surface area contributed by atoms with Gasteiger partial charge in [-0.25, -0.2) is 8.78 Å². The molecule has 1 saturated carbocycles. The molecule has 4 rings (SSSR count). The number of Topliss-reactive ketones (excluding diaryl/α,β-unsaturated/α-hetero) is 1. The van der Waals surface area contributed by atoms with Crippen LogP contribution in [0.15, 0.2) is 18.2 Å². The number of halogens is 3. The van der Waals surface area contributed by atoms with Gasteiger partial charge in [-0.15, -0.1) is 11.6 Å². The molecule has 1 aromatic carbocycles. The van der Waals surface area contributed by atoms with E-state index < -0.39 is 47.0 Å². The topological polar surface area (TPSA) is 75.7 Å². The highest BCUT2D eigenvalue weighted by molar-refractivity contribution is 6.22. The average molecular weight is 455 g/mol. The number of nitrogens with one attached hydrogen (secondary N) is 1. The third-order valence-electron chi connectivity index (χ3n) is 6.61. The molecule has 1 N–H and O–H groups in total. The van der Waals surface area contributed by atoms with Gasteiger partial charge in [-0.2, -0.15) is 0 Å². The minimum Gasteiger partial charge on any atom is -0.366 e. The summed E-state index contributed by atoms with van der Waals surface area (Å²) in [6.45, 7) is 2.19. The van der Waals surface area contributed by atoms with Gasteiger partial charge in [0.15, 0.2) is 5.78 Å². The van der Waals surface area contributed by atoms with Crippen molar-refractivity contribution >= 4 is 29.2 Å². The van der Waals surface area contributed by atoms with E-state index in [2.05, 4.69) is 12.2 Å². The second kappa shape index (κ2) is 8.82. The molecule has 1 aromatic rings. The van der Waals surface area contributed by atoms with Crippen LogP contribution in [0.25, 0.3) is 0 Å². The van der Waals surface area contributed by atoms with E-state index in [1.54, 1.807) is 0 Å². The highest BCUT2D eigenvalue weighted by atomic mass is 35.5. The highest BCUT2D eigenvalue weighted by Crippen LogP contribution is 2.35. The van der Waals surface area contributed by atoms with Crippen LogP contribution in [0.4, 0.5) is 8.78 Å². The molecule has 6 nitrogen and oxygen atoms in total. The number of alkyl halides is 1. The molecule has 0 radical (unpaired) electrons. The standard InChI is InChI=1S/C22H25ClF2N2O4/c1-11-2-4-12(5-3-11)18(26-21(29)13-6-14(24)8-15(25)7-13)22(30)27-9-16(23)20-19(27)17(28)10-31-20/h6-8,11-12,16,18-20H,2-5,9-10H2,1H3,(H,26,29)/t11-,12-,16-,18-,19+,20+/m0/s1. The fraction of sp³-hybridized carbons (Fsp3) is 0.591. The molecule has 31 heavy (non-hydrogen) atoms. The molecule has 9 heteroatoms. The molecule has 1 aliphatic carbocycles. The van der Waals surface area contributed by atoms with E-state index in [0.717, 1.165) is 37.8 Å². The second-order valence-corrected chi connectivity index (χ2v) is 9.38. The van der Waals surface area contributed by atoms with Gasteiger partial charge < -0.3 is 15.0 Å². The Labute approximate surface area is 184 Å². The molecule has 2 aliphatic heterocycles. The first-order chi connectivity index (χ1) is 14.7. The predicted octanol–water partition coefficient (Wildman–Crippen LogP) is 2.68. The SMILES string of the molecule is C[C@H]1CC[C@H]([C@H](NC(=O)c2cc(F)cc(F)c2)C(=O)N2C[C@H](Cl)[C@H]3OCC(=O)[C@H]32)CC1. The summed E-state index contributed by atoms with van der Waals surface area (Å²) in [6, 6.07) is 0.861. The summed E-state index contributed by atoms with van der Waals surface area (Å²) in [7, 11) is 0. The maximum absolute atomic E-state index is 13.6. The van der Waals surface area contributed by atoms with Gasteiger partial charge in [-0.3, -0.25) is 14.4 Å². The van der Waals surface area contributed by atoms with E-state index in [1.807, 2.05) is 0 Å². The minimum absolute atomic E-state index is 0.0944. The van der Waals surface area contributed by atoms with Gasteiger partial charge in [-0.05, 0) is 36.8 Å². The van der Waals surface area contributed by atoms with Gasteiger partial charge in [0.05, 0.1) is 5.38 Å². The summed E-state index contributed by atoms with van der Waals surface area (Å²) in [4.78, 5) is 40.1. The third kappa shape index (κ3) is 4.46. The number of hydrogen-bond acceptors (Lipinski definition) is 4. The minimum atomic E-state index is -0.914. The number of amides is 2. The summed E-state index contributed by atoms with van der Waals surface area (Å²) in [5.41, 5.74) is -0.200. The van der Waals surface area contributed by atoms with Crippen LogP contribution in [-0.2, 0) is 14.3 Å². The molecule has 3 fully saturated rings. The van der Waals surface area contributed by atoms with Crippen molar-refractivity contribution in [1.29, 1.82) is 0 Å². The van der Waals surface area contributed by atoms with Crippen LogP contribution in [0.3, 0.4) is 0 Å². The molecule has 2 amide bonds. The van der Waals surface area contributed by atoms with Crippen molar-refractivity contribution in [2.45, 2.75) is 56.2 Å². The number of nitrogens with zero attached hydrogens (tertiary/aromatic N) is 1. The van der Waals surface area contributed by atoms with Crippen LogP contribution < -0.4 is 5.32 Å². The van der Waals surface area contributed by atoms with E-state index in [0.29, 0.717) is 12.0 Å². The lowest BCUT2D eigenvalue weighted by molar-refractivity contribution is -0.139. The molecule has 2 saturated heterocycles. The quantitative estimate of drug-likeness (QED) is 0.710. The van der Waals surface area contributed by atoms with Crippen LogP contribution in [0.1, 0.15) is 43.0 Å². The van der Waals surface area contributed by atoms with Crippen molar-refractivity contribution in [3.8, 4) is 0 Å². The molecule has 168 valence electrons. The van der Waals surface area contributed by atoms with E-state index >= 15 is 0 Å². The monoisotopic (exact) mass is 454 g/mol. The highest BCUT2D eigenvalue weighted by Gasteiger charge is 2.53. The van der Waals surface area contributed by atoms with Gasteiger partial charge in [-0.1, -0.05) is 19.8 Å². The summed E-state index contributed by atoms with van der Waals surface area (Å²) in [5.74, 6) is -2.72. The first-order valence-corrected chi connectivity index (χ1v) is 11.0. The lowest BCUT2D eigenvalue weighted by Gasteiger charge is -2.35. The second-order valence-electron chi connectivity index (χ2n) is 8.82. The van der Waals surface area contributed by atoms with Crippen LogP contribution in [0.5, 0.6) is 0 Å². The Morgan fingerprint density at radius 2 is 1.81 bits per heavy atom. The van der Waals surface area contributed by atoms with Crippen molar-refractivity contribution in [1.82, 2.24) is 10.2 Å². The number of carbonyl (C=O) groups is 3. The number of ketones is 1. The van der Waals surface area contributed by atoms with Crippen LogP contribution in [0, 0.1) is 23.5 Å². The van der Waals surface area contributed by atoms with Gasteiger partial charge in [0.25, 0.3) is 5.91 Å². The molecule has 0 unspecified atom stereocenters. The summed E-state index contributed by atoms with van der Waals surface area (Å²) in [5, 5.41) is 2.19. The van der Waals surface area contributed by atoms with E-state index in [9.17, 15) is 23.2 Å². The maximum atomic E-state index is 13.6. The van der Waals surface area contributed by atoms with E-state index in [-0.39, 0.29) is 30.4 Å². The van der Waals surface area contributed by atoms with Crippen molar-refractivity contribution < 1.29 is 27.9 Å². The number of carbonyl (C=O) groups excluding carboxylic acids is 3. The Balaban J connectivity index is 1.59. The van der Waals surface area contributed by atoms with Crippen molar-refractivity contribution in [2.75, 3.05) is 13.2 Å². The average Bonchev–Trinajstić information content (AvgIpc) is 3.26. The van der Waals surface area contributed by atoms with Crippen molar-refractivity contribution in [3.63, 3.8) is 0 Å². The number of fused-ring (bicyclic) bond motifs is 1. The fourth-order valence-electron chi connectivity index (χ4n) is 4.91. The first kappa shape index (κ1) is 22.1. The Morgan fingerprint density at radius 3 is 2.45 bits per heavy atom. The van der Waals surface area contributed by atoms with Gasteiger partial charge in [0.1, 0.15) is 36.4 Å². The largest absolute Gasteiger partial charge is 0.366 e. The number of hydrogen-bond donors (Lipinski definition) is 1. The van der Waals surface area contributed by atoms with Crippen molar-refractivity contribution in [3.05, 3.63) is 35.4 Å². The van der Waals surface area contributed by atoms with Crippen molar-refractivity contribution in [2.24, 2.45) is 11.8 Å². The molecular formula is C22H25ClF2N2O4. The molecule has 0 bridgehead atoms. The Bertz CT molecular complexity index is 870. The molecule has 3 aliphatic rings. The smallest absolute Gasteiger partial charge is 0.252 e. The number of benzene rings is 1. The number of likely N-dealkylation sites (tertiary alicyclic amines) is 1. The molecule has 0 spiro atoms. The van der Waals surface area contributed by atoms with Crippen LogP contribution in [-0.4, -0.2) is 59.2 Å². The zero-order valence-electron chi connectivity index (χ0n) is 17.2. The maximum Gasteiger partial charge on any atom is 0.252 e. The zero-order valence-corrected chi connectivity index (χ0v) is 17.9. The van der Waals surface area contributed by atoms with Gasteiger partial charge >= 0.3 is 0 Å². The number of ether oxygens (including phenoxy) is 1. The normalized spacial score (nSPS) is 31.4. The fourth-order valence-corrected chi connectivity index (χ4v) is 5.27. The van der Waals surface area contributed by atoms with E-state index in [1.165, 1.54) is 4.90 Å². The first-order valence-electron chi connectivity index (χ1n) is 10.6. The van der Waals surface area contributed by atoms with E-state index in [4.69, 9.17) is 16.3 Å². The third-order valence-corrected chi connectivity index (χ3v) is 7.00. The Kier molecular flexibility index (Phi) is 6.30. The summed E-state index contributed by atoms with van der Waals surface area (Å²) < 4.78 is 32.7. The summed E-state index contributed by atoms with van der Waals surface area (Å²) in [6.07, 6.45) is 2.71. The lowest BCUT2D eigenvalue weighted by Crippen LogP contribution is -2.55. The molecule has 2 heterocycles. The molecular weight excluding hydrogens is 430 g/mol. The lowest BCUT2D eigenvalue weighted by atomic mass is 9.78. The summed E-state index contributed by atoms with van der Waals surface area (Å²) >= 11 is 6.32. The molecule has 4 atom stereocenters.